The maximum Gasteiger partial charge on any atom is 0.408 e. The minimum atomic E-state index is -1.10. The normalized spacial score (nSPS) is 13.2. The molecule has 0 rings (SSSR count). The molecule has 0 aromatic carbocycles. The second-order valence-electron chi connectivity index (χ2n) is 5.79. The van der Waals surface area contributed by atoms with Crippen molar-refractivity contribution in [1.82, 2.24) is 5.32 Å². The molecule has 112 valence electrons. The van der Waals surface area contributed by atoms with Crippen LogP contribution in [0.1, 0.15) is 41.0 Å². The smallest absolute Gasteiger partial charge is 0.408 e. The molecule has 0 saturated heterocycles. The van der Waals surface area contributed by atoms with Gasteiger partial charge in [-0.2, -0.15) is 0 Å². The number of rotatable bonds is 7. The first-order valence-corrected chi connectivity index (χ1v) is 6.42. The molecule has 0 aliphatic heterocycles. The Morgan fingerprint density at radius 1 is 1.26 bits per heavy atom. The first-order chi connectivity index (χ1) is 8.61. The summed E-state index contributed by atoms with van der Waals surface area (Å²) in [5.41, 5.74) is -0.652. The standard InChI is InChI=1S/C13H25NO5/c1-9(2)8-18-7-6-10(11(15)16)14-12(17)19-13(3,4)5/h9-10H,6-8H2,1-5H3,(H,14,17)(H,15,16). The number of amides is 1. The Balaban J connectivity index is 4.12. The van der Waals surface area contributed by atoms with Gasteiger partial charge in [0.1, 0.15) is 11.6 Å². The van der Waals surface area contributed by atoms with Crippen molar-refractivity contribution in [2.24, 2.45) is 5.92 Å². The summed E-state index contributed by atoms with van der Waals surface area (Å²) >= 11 is 0. The van der Waals surface area contributed by atoms with Crippen LogP contribution in [-0.2, 0) is 14.3 Å². The number of aliphatic carboxylic acids is 1. The molecule has 0 bridgehead atoms. The van der Waals surface area contributed by atoms with Crippen molar-refractivity contribution in [3.63, 3.8) is 0 Å². The summed E-state index contributed by atoms with van der Waals surface area (Å²) in [6.07, 6.45) is -0.523. The predicted molar refractivity (Wildman–Crippen MR) is 71.1 cm³/mol. The second kappa shape index (κ2) is 7.99. The van der Waals surface area contributed by atoms with Crippen molar-refractivity contribution >= 4 is 12.1 Å². The Labute approximate surface area is 114 Å². The highest BCUT2D eigenvalue weighted by Gasteiger charge is 2.23. The Morgan fingerprint density at radius 3 is 2.26 bits per heavy atom. The van der Waals surface area contributed by atoms with E-state index >= 15 is 0 Å². The fourth-order valence-electron chi connectivity index (χ4n) is 1.23. The Kier molecular flexibility index (Phi) is 7.44. The molecule has 0 saturated carbocycles. The number of carboxylic acids is 1. The molecule has 6 heteroatoms. The SMILES string of the molecule is CC(C)COCCC(NC(=O)OC(C)(C)C)C(=O)O. The summed E-state index contributed by atoms with van der Waals surface area (Å²) in [4.78, 5) is 22.5. The molecule has 0 aromatic rings. The van der Waals surface area contributed by atoms with Gasteiger partial charge in [-0.15, -0.1) is 0 Å². The Hall–Kier alpha value is -1.30. The lowest BCUT2D eigenvalue weighted by Crippen LogP contribution is -2.44. The zero-order valence-electron chi connectivity index (χ0n) is 12.4. The van der Waals surface area contributed by atoms with Gasteiger partial charge in [0.25, 0.3) is 0 Å². The second-order valence-corrected chi connectivity index (χ2v) is 5.79. The van der Waals surface area contributed by atoms with Gasteiger partial charge in [0.05, 0.1) is 0 Å². The summed E-state index contributed by atoms with van der Waals surface area (Å²) < 4.78 is 10.3. The van der Waals surface area contributed by atoms with Crippen LogP contribution in [0.2, 0.25) is 0 Å². The number of ether oxygens (including phenoxy) is 2. The molecular formula is C13H25NO5. The van der Waals surface area contributed by atoms with Crippen LogP contribution in [0.3, 0.4) is 0 Å². The number of alkyl carbamates (subject to hydrolysis) is 1. The molecule has 6 nitrogen and oxygen atoms in total. The highest BCUT2D eigenvalue weighted by molar-refractivity contribution is 5.79. The first-order valence-electron chi connectivity index (χ1n) is 6.42. The molecule has 2 N–H and O–H groups in total. The molecule has 0 heterocycles. The maximum atomic E-state index is 11.5. The van der Waals surface area contributed by atoms with Crippen LogP contribution in [0.25, 0.3) is 0 Å². The summed E-state index contributed by atoms with van der Waals surface area (Å²) in [5.74, 6) is -0.707. The monoisotopic (exact) mass is 275 g/mol. The van der Waals surface area contributed by atoms with Crippen molar-refractivity contribution in [3.05, 3.63) is 0 Å². The van der Waals surface area contributed by atoms with Crippen LogP contribution in [0.15, 0.2) is 0 Å². The molecule has 0 aliphatic carbocycles. The minimum absolute atomic E-state index is 0.210. The van der Waals surface area contributed by atoms with E-state index in [1.165, 1.54) is 0 Å². The van der Waals surface area contributed by atoms with Gasteiger partial charge in [0.15, 0.2) is 0 Å². The van der Waals surface area contributed by atoms with Gasteiger partial charge in [-0.1, -0.05) is 13.8 Å². The van der Waals surface area contributed by atoms with E-state index in [2.05, 4.69) is 5.32 Å². The summed E-state index contributed by atoms with van der Waals surface area (Å²) in [5, 5.41) is 11.3. The minimum Gasteiger partial charge on any atom is -0.480 e. The number of carboxylic acid groups (broad SMARTS) is 1. The van der Waals surface area contributed by atoms with E-state index in [4.69, 9.17) is 14.6 Å². The van der Waals surface area contributed by atoms with E-state index in [0.717, 1.165) is 0 Å². The van der Waals surface area contributed by atoms with Gasteiger partial charge in [-0.25, -0.2) is 9.59 Å². The van der Waals surface area contributed by atoms with E-state index in [1.54, 1.807) is 20.8 Å². The third kappa shape index (κ3) is 10.3. The maximum absolute atomic E-state index is 11.5. The van der Waals surface area contributed by atoms with Gasteiger partial charge in [0.2, 0.25) is 0 Å². The quantitative estimate of drug-likeness (QED) is 0.694. The van der Waals surface area contributed by atoms with Crippen LogP contribution >= 0.6 is 0 Å². The summed E-state index contributed by atoms with van der Waals surface area (Å²) in [7, 11) is 0. The van der Waals surface area contributed by atoms with E-state index in [-0.39, 0.29) is 13.0 Å². The summed E-state index contributed by atoms with van der Waals surface area (Å²) in [6.45, 7) is 10.0. The summed E-state index contributed by atoms with van der Waals surface area (Å²) in [6, 6.07) is -0.998. The molecule has 0 aromatic heterocycles. The Bertz CT molecular complexity index is 296. The van der Waals surface area contributed by atoms with E-state index in [0.29, 0.717) is 12.5 Å². The molecule has 0 spiro atoms. The van der Waals surface area contributed by atoms with Crippen LogP contribution in [0, 0.1) is 5.92 Å². The molecule has 0 aliphatic rings. The lowest BCUT2D eigenvalue weighted by molar-refractivity contribution is -0.140. The molecule has 19 heavy (non-hydrogen) atoms. The number of nitrogens with one attached hydrogen (secondary N) is 1. The molecule has 0 radical (unpaired) electrons. The lowest BCUT2D eigenvalue weighted by atomic mass is 10.2. The molecule has 1 atom stereocenters. The van der Waals surface area contributed by atoms with Crippen LogP contribution in [-0.4, -0.2) is 42.0 Å². The van der Waals surface area contributed by atoms with Crippen LogP contribution in [0.4, 0.5) is 4.79 Å². The molecule has 1 amide bonds. The third-order valence-corrected chi connectivity index (χ3v) is 1.99. The molecule has 1 unspecified atom stereocenters. The number of hydrogen-bond acceptors (Lipinski definition) is 4. The topological polar surface area (TPSA) is 84.9 Å². The van der Waals surface area contributed by atoms with Crippen molar-refractivity contribution in [3.8, 4) is 0 Å². The van der Waals surface area contributed by atoms with Crippen molar-refractivity contribution in [2.75, 3.05) is 13.2 Å². The zero-order chi connectivity index (χ0) is 15.1. The fourth-order valence-corrected chi connectivity index (χ4v) is 1.23. The lowest BCUT2D eigenvalue weighted by Gasteiger charge is -2.22. The average molecular weight is 275 g/mol. The van der Waals surface area contributed by atoms with Gasteiger partial charge in [0, 0.05) is 19.6 Å². The molecule has 0 fully saturated rings. The highest BCUT2D eigenvalue weighted by Crippen LogP contribution is 2.07. The van der Waals surface area contributed by atoms with Crippen molar-refractivity contribution < 1.29 is 24.2 Å². The average Bonchev–Trinajstić information content (AvgIpc) is 2.19. The van der Waals surface area contributed by atoms with Crippen molar-refractivity contribution in [1.29, 1.82) is 0 Å². The van der Waals surface area contributed by atoms with Crippen LogP contribution in [0.5, 0.6) is 0 Å². The van der Waals surface area contributed by atoms with Crippen molar-refractivity contribution in [2.45, 2.75) is 52.7 Å². The van der Waals surface area contributed by atoms with Gasteiger partial charge < -0.3 is 19.9 Å². The number of carbonyl (C=O) groups excluding carboxylic acids is 1. The molecular weight excluding hydrogens is 250 g/mol. The van der Waals surface area contributed by atoms with E-state index < -0.39 is 23.7 Å². The van der Waals surface area contributed by atoms with Crippen LogP contribution < -0.4 is 5.32 Å². The van der Waals surface area contributed by atoms with Gasteiger partial charge in [-0.05, 0) is 26.7 Å². The zero-order valence-corrected chi connectivity index (χ0v) is 12.4. The van der Waals surface area contributed by atoms with E-state index in [9.17, 15) is 9.59 Å². The fraction of sp³-hybridized carbons (Fsp3) is 0.846. The predicted octanol–water partition coefficient (Wildman–Crippen LogP) is 2.03. The third-order valence-electron chi connectivity index (χ3n) is 1.99. The Morgan fingerprint density at radius 2 is 1.84 bits per heavy atom. The van der Waals surface area contributed by atoms with Gasteiger partial charge >= 0.3 is 12.1 Å². The van der Waals surface area contributed by atoms with Gasteiger partial charge in [-0.3, -0.25) is 0 Å². The first kappa shape index (κ1) is 17.7. The largest absolute Gasteiger partial charge is 0.480 e. The van der Waals surface area contributed by atoms with E-state index in [1.807, 2.05) is 13.8 Å². The number of hydrogen-bond donors (Lipinski definition) is 2. The highest BCUT2D eigenvalue weighted by atomic mass is 16.6. The number of carbonyl (C=O) groups is 2.